The molecule has 0 aromatic heterocycles. The van der Waals surface area contributed by atoms with Gasteiger partial charge in [-0.1, -0.05) is 47.5 Å². The van der Waals surface area contributed by atoms with Gasteiger partial charge in [0.1, 0.15) is 11.4 Å². The second-order valence-corrected chi connectivity index (χ2v) is 6.21. The number of carbonyl (C=O) groups excluding carboxylic acids is 1. The Hall–Kier alpha value is -1.35. The van der Waals surface area contributed by atoms with Crippen LogP contribution in [0.3, 0.4) is 0 Å². The molecule has 1 aliphatic rings. The highest BCUT2D eigenvalue weighted by molar-refractivity contribution is 6.30. The highest BCUT2D eigenvalue weighted by Gasteiger charge is 2.48. The molecule has 0 saturated heterocycles. The smallest absolute Gasteiger partial charge is 0.139 e. The van der Waals surface area contributed by atoms with Gasteiger partial charge in [0.15, 0.2) is 0 Å². The van der Waals surface area contributed by atoms with Crippen molar-refractivity contribution in [3.63, 3.8) is 0 Å². The van der Waals surface area contributed by atoms with Gasteiger partial charge in [0.2, 0.25) is 0 Å². The Morgan fingerprint density at radius 2 is 1.33 bits per heavy atom. The SMILES string of the molecule is O=C1CCC1C(O)(c1ccc(Cl)cc1)c1ccc(Cl)cc1. The molecule has 1 unspecified atom stereocenters. The van der Waals surface area contributed by atoms with Gasteiger partial charge in [-0.15, -0.1) is 0 Å². The quantitative estimate of drug-likeness (QED) is 0.919. The average molecular weight is 321 g/mol. The van der Waals surface area contributed by atoms with Crippen LogP contribution in [0.5, 0.6) is 0 Å². The Balaban J connectivity index is 2.12. The molecule has 1 fully saturated rings. The number of ketones is 1. The first-order chi connectivity index (χ1) is 10.0. The summed E-state index contributed by atoms with van der Waals surface area (Å²) in [5, 5.41) is 12.5. The van der Waals surface area contributed by atoms with E-state index in [1.165, 1.54) is 0 Å². The van der Waals surface area contributed by atoms with Gasteiger partial charge in [-0.3, -0.25) is 4.79 Å². The van der Waals surface area contributed by atoms with Crippen LogP contribution >= 0.6 is 23.2 Å². The summed E-state index contributed by atoms with van der Waals surface area (Å²) in [7, 11) is 0. The van der Waals surface area contributed by atoms with Crippen molar-refractivity contribution in [2.75, 3.05) is 0 Å². The predicted molar refractivity (Wildman–Crippen MR) is 83.6 cm³/mol. The Bertz CT molecular complexity index is 617. The lowest BCUT2D eigenvalue weighted by Gasteiger charge is -2.41. The van der Waals surface area contributed by atoms with Crippen LogP contribution in [0.1, 0.15) is 24.0 Å². The molecule has 0 radical (unpaired) electrons. The normalized spacial score (nSPS) is 18.4. The number of aliphatic hydroxyl groups is 1. The zero-order valence-electron chi connectivity index (χ0n) is 11.2. The summed E-state index contributed by atoms with van der Waals surface area (Å²) in [6.45, 7) is 0. The molecule has 2 nitrogen and oxygen atoms in total. The van der Waals surface area contributed by atoms with Crippen LogP contribution in [0, 0.1) is 5.92 Å². The summed E-state index contributed by atoms with van der Waals surface area (Å²) >= 11 is 11.8. The van der Waals surface area contributed by atoms with E-state index in [2.05, 4.69) is 0 Å². The molecule has 0 amide bonds. The van der Waals surface area contributed by atoms with Crippen molar-refractivity contribution in [3.05, 3.63) is 69.7 Å². The van der Waals surface area contributed by atoms with E-state index in [0.717, 1.165) is 0 Å². The van der Waals surface area contributed by atoms with E-state index in [9.17, 15) is 9.90 Å². The largest absolute Gasteiger partial charge is 0.380 e. The fourth-order valence-electron chi connectivity index (χ4n) is 2.83. The molecule has 1 atom stereocenters. The molecule has 1 aliphatic carbocycles. The molecule has 0 heterocycles. The molecule has 2 aromatic carbocycles. The number of benzene rings is 2. The first kappa shape index (κ1) is 14.6. The van der Waals surface area contributed by atoms with Crippen molar-refractivity contribution in [2.24, 2.45) is 5.92 Å². The molecule has 108 valence electrons. The van der Waals surface area contributed by atoms with Crippen LogP contribution in [-0.2, 0) is 10.4 Å². The lowest BCUT2D eigenvalue weighted by atomic mass is 9.66. The number of hydrogen-bond acceptors (Lipinski definition) is 2. The Morgan fingerprint density at radius 1 is 0.905 bits per heavy atom. The highest BCUT2D eigenvalue weighted by atomic mass is 35.5. The fourth-order valence-corrected chi connectivity index (χ4v) is 3.08. The van der Waals surface area contributed by atoms with Crippen molar-refractivity contribution in [1.82, 2.24) is 0 Å². The van der Waals surface area contributed by atoms with Crippen LogP contribution in [0.25, 0.3) is 0 Å². The predicted octanol–water partition coefficient (Wildman–Crippen LogP) is 4.21. The summed E-state index contributed by atoms with van der Waals surface area (Å²) in [5.41, 5.74) is 0.0179. The van der Waals surface area contributed by atoms with Crippen LogP contribution in [-0.4, -0.2) is 10.9 Å². The van der Waals surface area contributed by atoms with Crippen molar-refractivity contribution < 1.29 is 9.90 Å². The van der Waals surface area contributed by atoms with Gasteiger partial charge < -0.3 is 5.11 Å². The zero-order valence-corrected chi connectivity index (χ0v) is 12.7. The second kappa shape index (κ2) is 5.45. The molecule has 0 aliphatic heterocycles. The molecular formula is C17H14Cl2O2. The number of rotatable bonds is 3. The van der Waals surface area contributed by atoms with E-state index < -0.39 is 11.5 Å². The number of hydrogen-bond donors (Lipinski definition) is 1. The minimum atomic E-state index is -1.33. The summed E-state index contributed by atoms with van der Waals surface area (Å²) in [6.07, 6.45) is 1.20. The van der Waals surface area contributed by atoms with E-state index in [1.54, 1.807) is 48.5 Å². The third-order valence-electron chi connectivity index (χ3n) is 4.14. The van der Waals surface area contributed by atoms with E-state index in [-0.39, 0.29) is 5.78 Å². The van der Waals surface area contributed by atoms with Gasteiger partial charge in [-0.2, -0.15) is 0 Å². The number of Topliss-reactive ketones (excluding diaryl/α,β-unsaturated/α-hetero) is 1. The van der Waals surface area contributed by atoms with Gasteiger partial charge in [0.25, 0.3) is 0 Å². The highest BCUT2D eigenvalue weighted by Crippen LogP contribution is 2.45. The maximum Gasteiger partial charge on any atom is 0.139 e. The molecule has 4 heteroatoms. The summed E-state index contributed by atoms with van der Waals surface area (Å²) < 4.78 is 0. The minimum absolute atomic E-state index is 0.0856. The van der Waals surface area contributed by atoms with Crippen molar-refractivity contribution in [3.8, 4) is 0 Å². The van der Waals surface area contributed by atoms with E-state index in [4.69, 9.17) is 23.2 Å². The van der Waals surface area contributed by atoms with Gasteiger partial charge in [0.05, 0.1) is 5.92 Å². The van der Waals surface area contributed by atoms with E-state index in [1.807, 2.05) is 0 Å². The molecule has 2 aromatic rings. The van der Waals surface area contributed by atoms with E-state index >= 15 is 0 Å². The van der Waals surface area contributed by atoms with Gasteiger partial charge >= 0.3 is 0 Å². The molecule has 3 rings (SSSR count). The zero-order chi connectivity index (χ0) is 15.0. The first-order valence-electron chi connectivity index (χ1n) is 6.79. The maximum absolute atomic E-state index is 11.9. The van der Waals surface area contributed by atoms with Crippen LogP contribution in [0.2, 0.25) is 10.0 Å². The number of carbonyl (C=O) groups is 1. The summed E-state index contributed by atoms with van der Waals surface area (Å²) in [5.74, 6) is -0.331. The topological polar surface area (TPSA) is 37.3 Å². The molecule has 0 bridgehead atoms. The third-order valence-corrected chi connectivity index (χ3v) is 4.64. The Labute approximate surface area is 133 Å². The van der Waals surface area contributed by atoms with Gasteiger partial charge in [0, 0.05) is 16.5 Å². The molecule has 0 spiro atoms. The molecule has 1 saturated carbocycles. The lowest BCUT2D eigenvalue weighted by Crippen LogP contribution is -2.46. The van der Waals surface area contributed by atoms with Gasteiger partial charge in [-0.25, -0.2) is 0 Å². The van der Waals surface area contributed by atoms with Crippen molar-refractivity contribution in [1.29, 1.82) is 0 Å². The molecular weight excluding hydrogens is 307 g/mol. The van der Waals surface area contributed by atoms with E-state index in [0.29, 0.717) is 34.0 Å². The second-order valence-electron chi connectivity index (χ2n) is 5.34. The van der Waals surface area contributed by atoms with Crippen LogP contribution < -0.4 is 0 Å². The van der Waals surface area contributed by atoms with Crippen molar-refractivity contribution >= 4 is 29.0 Å². The van der Waals surface area contributed by atoms with Crippen LogP contribution in [0.4, 0.5) is 0 Å². The summed E-state index contributed by atoms with van der Waals surface area (Å²) in [6, 6.07) is 14.0. The Morgan fingerprint density at radius 3 is 1.62 bits per heavy atom. The molecule has 21 heavy (non-hydrogen) atoms. The number of halogens is 2. The third kappa shape index (κ3) is 2.48. The van der Waals surface area contributed by atoms with Crippen LogP contribution in [0.15, 0.2) is 48.5 Å². The monoisotopic (exact) mass is 320 g/mol. The van der Waals surface area contributed by atoms with Gasteiger partial charge in [-0.05, 0) is 41.8 Å². The molecule has 1 N–H and O–H groups in total. The minimum Gasteiger partial charge on any atom is -0.380 e. The standard InChI is InChI=1S/C17H14Cl2O2/c18-13-5-1-11(2-6-13)17(21,15-9-10-16(15)20)12-3-7-14(19)8-4-12/h1-8,15,21H,9-10H2. The summed E-state index contributed by atoms with van der Waals surface area (Å²) in [4.78, 5) is 11.9. The Kier molecular flexibility index (Phi) is 3.78. The first-order valence-corrected chi connectivity index (χ1v) is 7.54. The van der Waals surface area contributed by atoms with Crippen molar-refractivity contribution in [2.45, 2.75) is 18.4 Å². The maximum atomic E-state index is 11.9. The average Bonchev–Trinajstić information content (AvgIpc) is 2.46. The fraction of sp³-hybridized carbons (Fsp3) is 0.235. The lowest BCUT2D eigenvalue weighted by molar-refractivity contribution is -0.140.